The van der Waals surface area contributed by atoms with Gasteiger partial charge in [0.25, 0.3) is 0 Å². The van der Waals surface area contributed by atoms with Crippen molar-refractivity contribution >= 4 is 12.2 Å². The third-order valence-corrected chi connectivity index (χ3v) is 3.50. The van der Waals surface area contributed by atoms with E-state index in [1.165, 1.54) is 0 Å². The van der Waals surface area contributed by atoms with Crippen LogP contribution in [0, 0.1) is 4.77 Å². The lowest BCUT2D eigenvalue weighted by Gasteiger charge is -2.07. The van der Waals surface area contributed by atoms with Crippen LogP contribution in [0.1, 0.15) is 0 Å². The molecule has 0 radical (unpaired) electrons. The summed E-state index contributed by atoms with van der Waals surface area (Å²) < 4.78 is 13.1. The largest absolute Gasteiger partial charge is 0.454 e. The normalized spacial score (nSPS) is 12.6. The minimum atomic E-state index is 0.243. The van der Waals surface area contributed by atoms with Crippen molar-refractivity contribution in [1.82, 2.24) is 19.7 Å². The van der Waals surface area contributed by atoms with E-state index in [-0.39, 0.29) is 6.79 Å². The van der Waals surface area contributed by atoms with Crippen molar-refractivity contribution in [3.05, 3.63) is 47.5 Å². The van der Waals surface area contributed by atoms with E-state index in [1.807, 2.05) is 34.9 Å². The van der Waals surface area contributed by atoms with Gasteiger partial charge in [-0.2, -0.15) is 5.10 Å². The fourth-order valence-corrected chi connectivity index (χ4v) is 2.49. The molecule has 3 aromatic rings. The van der Waals surface area contributed by atoms with Crippen molar-refractivity contribution in [1.29, 1.82) is 0 Å². The first-order valence-electron chi connectivity index (χ1n) is 6.31. The van der Waals surface area contributed by atoms with Gasteiger partial charge in [-0.1, -0.05) is 0 Å². The molecule has 0 aliphatic carbocycles. The fraction of sp³-hybridized carbons (Fsp3) is 0.0714. The Morgan fingerprint density at radius 3 is 2.76 bits per heavy atom. The summed E-state index contributed by atoms with van der Waals surface area (Å²) in [6.07, 6.45) is 3.44. The molecular weight excluding hydrogens is 288 g/mol. The number of H-pyrrole nitrogens is 1. The third-order valence-electron chi connectivity index (χ3n) is 3.23. The van der Waals surface area contributed by atoms with E-state index in [1.54, 1.807) is 12.4 Å². The number of hydrogen-bond donors (Lipinski definition) is 1. The Labute approximate surface area is 125 Å². The maximum absolute atomic E-state index is 5.41. The lowest BCUT2D eigenvalue weighted by molar-refractivity contribution is 0.174. The van der Waals surface area contributed by atoms with E-state index in [9.17, 15) is 0 Å². The zero-order chi connectivity index (χ0) is 14.2. The minimum absolute atomic E-state index is 0.243. The van der Waals surface area contributed by atoms with Crippen LogP contribution in [0.4, 0.5) is 0 Å². The highest BCUT2D eigenvalue weighted by Crippen LogP contribution is 2.34. The molecule has 7 heteroatoms. The molecule has 104 valence electrons. The standard InChI is InChI=1S/C14H10N4O2S/c21-14-17-16-13(9-3-5-15-6-4-9)18(14)10-1-2-11-12(7-10)20-8-19-11/h1-7H,8H2,(H,17,21). The fourth-order valence-electron chi connectivity index (χ4n) is 2.26. The summed E-state index contributed by atoms with van der Waals surface area (Å²) in [5.74, 6) is 2.16. The topological polar surface area (TPSA) is 65.0 Å². The van der Waals surface area contributed by atoms with Gasteiger partial charge in [-0.3, -0.25) is 14.6 Å². The van der Waals surface area contributed by atoms with Crippen molar-refractivity contribution in [2.75, 3.05) is 6.79 Å². The molecule has 1 aromatic carbocycles. The van der Waals surface area contributed by atoms with Gasteiger partial charge in [0.05, 0.1) is 5.69 Å². The first kappa shape index (κ1) is 12.1. The second-order valence-corrected chi connectivity index (χ2v) is 4.85. The maximum atomic E-state index is 5.41. The quantitative estimate of drug-likeness (QED) is 0.737. The SMILES string of the molecule is S=c1[nH]nc(-c2ccncc2)n1-c1ccc2c(c1)OCO2. The maximum Gasteiger partial charge on any atom is 0.231 e. The number of pyridine rings is 1. The molecule has 0 unspecified atom stereocenters. The highest BCUT2D eigenvalue weighted by molar-refractivity contribution is 7.71. The smallest absolute Gasteiger partial charge is 0.231 e. The van der Waals surface area contributed by atoms with Crippen LogP contribution in [0.5, 0.6) is 11.5 Å². The average Bonchev–Trinajstić information content (AvgIpc) is 3.13. The molecule has 1 aliphatic heterocycles. The van der Waals surface area contributed by atoms with Gasteiger partial charge >= 0.3 is 0 Å². The number of benzene rings is 1. The molecule has 0 amide bonds. The molecule has 1 N–H and O–H groups in total. The highest BCUT2D eigenvalue weighted by atomic mass is 32.1. The summed E-state index contributed by atoms with van der Waals surface area (Å²) in [4.78, 5) is 4.02. The first-order chi connectivity index (χ1) is 10.3. The van der Waals surface area contributed by atoms with Crippen LogP contribution in [0.15, 0.2) is 42.7 Å². The van der Waals surface area contributed by atoms with Crippen LogP contribution in [-0.4, -0.2) is 26.5 Å². The minimum Gasteiger partial charge on any atom is -0.454 e. The Morgan fingerprint density at radius 1 is 1.10 bits per heavy atom. The predicted octanol–water partition coefficient (Wildman–Crippen LogP) is 2.72. The first-order valence-corrected chi connectivity index (χ1v) is 6.71. The van der Waals surface area contributed by atoms with E-state index in [0.717, 1.165) is 22.8 Å². The lowest BCUT2D eigenvalue weighted by atomic mass is 10.2. The van der Waals surface area contributed by atoms with Crippen molar-refractivity contribution in [3.8, 4) is 28.6 Å². The average molecular weight is 298 g/mol. The van der Waals surface area contributed by atoms with Crippen molar-refractivity contribution < 1.29 is 9.47 Å². The molecule has 2 aromatic heterocycles. The molecule has 0 saturated heterocycles. The number of ether oxygens (including phenoxy) is 2. The highest BCUT2D eigenvalue weighted by Gasteiger charge is 2.16. The number of aromatic amines is 1. The molecule has 0 atom stereocenters. The number of nitrogens with zero attached hydrogens (tertiary/aromatic N) is 3. The van der Waals surface area contributed by atoms with Crippen molar-refractivity contribution in [2.24, 2.45) is 0 Å². The van der Waals surface area contributed by atoms with E-state index < -0.39 is 0 Å². The van der Waals surface area contributed by atoms with E-state index in [0.29, 0.717) is 10.5 Å². The van der Waals surface area contributed by atoms with Gasteiger partial charge < -0.3 is 9.47 Å². The summed E-state index contributed by atoms with van der Waals surface area (Å²) in [6.45, 7) is 0.243. The van der Waals surface area contributed by atoms with Crippen molar-refractivity contribution in [3.63, 3.8) is 0 Å². The summed E-state index contributed by atoms with van der Waals surface area (Å²) in [7, 11) is 0. The molecule has 0 saturated carbocycles. The second kappa shape index (κ2) is 4.71. The summed E-state index contributed by atoms with van der Waals surface area (Å²) in [6, 6.07) is 9.44. The number of nitrogens with one attached hydrogen (secondary N) is 1. The zero-order valence-electron chi connectivity index (χ0n) is 10.8. The molecule has 1 aliphatic rings. The van der Waals surface area contributed by atoms with Crippen LogP contribution in [0.25, 0.3) is 17.1 Å². The molecule has 6 nitrogen and oxygen atoms in total. The van der Waals surface area contributed by atoms with Gasteiger partial charge in [0.2, 0.25) is 6.79 Å². The number of hydrogen-bond acceptors (Lipinski definition) is 5. The summed E-state index contributed by atoms with van der Waals surface area (Å²) >= 11 is 5.34. The van der Waals surface area contributed by atoms with E-state index >= 15 is 0 Å². The van der Waals surface area contributed by atoms with Gasteiger partial charge in [-0.25, -0.2) is 0 Å². The van der Waals surface area contributed by atoms with Crippen LogP contribution in [0.2, 0.25) is 0 Å². The monoisotopic (exact) mass is 298 g/mol. The second-order valence-electron chi connectivity index (χ2n) is 4.46. The Bertz CT molecular complexity index is 857. The summed E-state index contributed by atoms with van der Waals surface area (Å²) in [5.41, 5.74) is 1.79. The Morgan fingerprint density at radius 2 is 1.90 bits per heavy atom. The molecule has 0 bridgehead atoms. The van der Waals surface area contributed by atoms with Gasteiger partial charge in [-0.05, 0) is 36.5 Å². The third kappa shape index (κ3) is 1.98. The van der Waals surface area contributed by atoms with Crippen LogP contribution in [0.3, 0.4) is 0 Å². The van der Waals surface area contributed by atoms with Gasteiger partial charge in [0, 0.05) is 24.0 Å². The van der Waals surface area contributed by atoms with Crippen LogP contribution in [-0.2, 0) is 0 Å². The lowest BCUT2D eigenvalue weighted by Crippen LogP contribution is -1.98. The van der Waals surface area contributed by atoms with Crippen LogP contribution >= 0.6 is 12.2 Å². The Hall–Kier alpha value is -2.67. The summed E-state index contributed by atoms with van der Waals surface area (Å²) in [5, 5.41) is 7.13. The molecule has 21 heavy (non-hydrogen) atoms. The van der Waals surface area contributed by atoms with E-state index in [2.05, 4.69) is 15.2 Å². The molecule has 4 rings (SSSR count). The molecule has 3 heterocycles. The van der Waals surface area contributed by atoms with Gasteiger partial charge in [-0.15, -0.1) is 0 Å². The number of fused-ring (bicyclic) bond motifs is 1. The molecule has 0 spiro atoms. The zero-order valence-corrected chi connectivity index (χ0v) is 11.6. The Balaban J connectivity index is 1.90. The molecular formula is C14H10N4O2S. The van der Waals surface area contributed by atoms with Gasteiger partial charge in [0.1, 0.15) is 0 Å². The molecule has 0 fully saturated rings. The van der Waals surface area contributed by atoms with Gasteiger partial charge in [0.15, 0.2) is 22.1 Å². The predicted molar refractivity (Wildman–Crippen MR) is 78.1 cm³/mol. The van der Waals surface area contributed by atoms with Crippen molar-refractivity contribution in [2.45, 2.75) is 0 Å². The Kier molecular flexibility index (Phi) is 2.71. The van der Waals surface area contributed by atoms with Crippen LogP contribution < -0.4 is 9.47 Å². The number of rotatable bonds is 2. The number of aromatic nitrogens is 4. The van der Waals surface area contributed by atoms with E-state index in [4.69, 9.17) is 21.7 Å².